The molecule has 5 rings (SSSR count). The molecule has 0 saturated carbocycles. The van der Waals surface area contributed by atoms with Gasteiger partial charge in [0, 0.05) is 23.8 Å². The molecule has 1 spiro atoms. The Bertz CT molecular complexity index is 1170. The number of β-lactam (4-membered cyclic amide) rings is 1. The number of carbonyl (C=O) groups excluding carboxylic acids is 2. The normalized spacial score (nSPS) is 19.8. The molecule has 2 aliphatic heterocycles. The first-order valence-corrected chi connectivity index (χ1v) is 12.0. The highest BCUT2D eigenvalue weighted by Gasteiger charge is 2.62. The summed E-state index contributed by atoms with van der Waals surface area (Å²) in [4.78, 5) is 35.6. The first-order valence-electron chi connectivity index (χ1n) is 10.8. The van der Waals surface area contributed by atoms with E-state index in [1.165, 1.54) is 11.3 Å². The van der Waals surface area contributed by atoms with Gasteiger partial charge in [0.2, 0.25) is 5.91 Å². The standard InChI is InChI=1S/C25H24ClN3O2S/c1-16-21(32-17(2)27-16)23(30)28-14-12-25(13-15-28)22(18-8-10-19(26)11-9-18)29(24(25)31)20-6-4-3-5-7-20/h3-11,22H,12-15H2,1-2H3. The molecule has 2 aromatic carbocycles. The second-order valence-electron chi connectivity index (χ2n) is 8.56. The number of hydrogen-bond donors (Lipinski definition) is 0. The van der Waals surface area contributed by atoms with Gasteiger partial charge in [-0.3, -0.25) is 9.59 Å². The van der Waals surface area contributed by atoms with Crippen molar-refractivity contribution in [3.8, 4) is 0 Å². The van der Waals surface area contributed by atoms with Crippen molar-refractivity contribution < 1.29 is 9.59 Å². The van der Waals surface area contributed by atoms with Gasteiger partial charge in [-0.2, -0.15) is 0 Å². The minimum Gasteiger partial charge on any atom is -0.338 e. The van der Waals surface area contributed by atoms with Crippen molar-refractivity contribution >= 4 is 40.4 Å². The molecule has 2 aliphatic rings. The van der Waals surface area contributed by atoms with Crippen molar-refractivity contribution in [1.82, 2.24) is 9.88 Å². The van der Waals surface area contributed by atoms with Crippen LogP contribution in [0.1, 0.15) is 44.8 Å². The quantitative estimate of drug-likeness (QED) is 0.485. The third kappa shape index (κ3) is 3.33. The molecule has 164 valence electrons. The Morgan fingerprint density at radius 2 is 1.72 bits per heavy atom. The number of rotatable bonds is 3. The zero-order valence-corrected chi connectivity index (χ0v) is 19.6. The molecule has 7 heteroatoms. The van der Waals surface area contributed by atoms with Gasteiger partial charge in [0.1, 0.15) is 4.88 Å². The van der Waals surface area contributed by atoms with E-state index in [-0.39, 0.29) is 17.9 Å². The number of aromatic nitrogens is 1. The van der Waals surface area contributed by atoms with Crippen LogP contribution in [0.3, 0.4) is 0 Å². The number of anilines is 1. The molecule has 2 amide bonds. The SMILES string of the molecule is Cc1nc(C)c(C(=O)N2CCC3(CC2)C(=O)N(c2ccccc2)C3c2ccc(Cl)cc2)s1. The molecule has 2 saturated heterocycles. The molecule has 0 radical (unpaired) electrons. The Morgan fingerprint density at radius 1 is 1.06 bits per heavy atom. The van der Waals surface area contributed by atoms with Crippen LogP contribution in [0.15, 0.2) is 54.6 Å². The number of piperidine rings is 1. The predicted octanol–water partition coefficient (Wildman–Crippen LogP) is 5.42. The Balaban J connectivity index is 1.43. The summed E-state index contributed by atoms with van der Waals surface area (Å²) in [7, 11) is 0. The van der Waals surface area contributed by atoms with E-state index in [0.717, 1.165) is 22.0 Å². The maximum absolute atomic E-state index is 13.6. The van der Waals surface area contributed by atoms with E-state index >= 15 is 0 Å². The maximum atomic E-state index is 13.6. The number of halogens is 1. The predicted molar refractivity (Wildman–Crippen MR) is 127 cm³/mol. The number of amides is 2. The fraction of sp³-hybridized carbons (Fsp3) is 0.320. The topological polar surface area (TPSA) is 53.5 Å². The zero-order valence-electron chi connectivity index (χ0n) is 18.0. The van der Waals surface area contributed by atoms with Crippen molar-refractivity contribution in [3.05, 3.63) is 80.8 Å². The van der Waals surface area contributed by atoms with Crippen LogP contribution in [0.25, 0.3) is 0 Å². The Morgan fingerprint density at radius 3 is 2.31 bits per heavy atom. The number of nitrogens with zero attached hydrogens (tertiary/aromatic N) is 3. The van der Waals surface area contributed by atoms with Gasteiger partial charge in [-0.05, 0) is 56.5 Å². The number of hydrogen-bond acceptors (Lipinski definition) is 4. The third-order valence-corrected chi connectivity index (χ3v) is 8.00. The van der Waals surface area contributed by atoms with Crippen molar-refractivity contribution in [2.75, 3.05) is 18.0 Å². The molecule has 0 aliphatic carbocycles. The minimum absolute atomic E-state index is 0.0256. The van der Waals surface area contributed by atoms with Gasteiger partial charge in [0.25, 0.3) is 5.91 Å². The summed E-state index contributed by atoms with van der Waals surface area (Å²) < 4.78 is 0. The second kappa shape index (κ2) is 8.01. The highest BCUT2D eigenvalue weighted by atomic mass is 35.5. The summed E-state index contributed by atoms with van der Waals surface area (Å²) in [5.74, 6) is 0.165. The summed E-state index contributed by atoms with van der Waals surface area (Å²) in [6.45, 7) is 4.93. The van der Waals surface area contributed by atoms with Crippen LogP contribution in [0.2, 0.25) is 5.02 Å². The van der Waals surface area contributed by atoms with E-state index in [9.17, 15) is 9.59 Å². The highest BCUT2D eigenvalue weighted by molar-refractivity contribution is 7.13. The van der Waals surface area contributed by atoms with Gasteiger partial charge in [0.05, 0.1) is 22.2 Å². The highest BCUT2D eigenvalue weighted by Crippen LogP contribution is 2.57. The molecule has 3 heterocycles. The van der Waals surface area contributed by atoms with Crippen molar-refractivity contribution in [2.24, 2.45) is 5.41 Å². The van der Waals surface area contributed by atoms with Crippen LogP contribution < -0.4 is 4.90 Å². The lowest BCUT2D eigenvalue weighted by Gasteiger charge is -2.59. The Hall–Kier alpha value is -2.70. The van der Waals surface area contributed by atoms with Gasteiger partial charge in [-0.15, -0.1) is 11.3 Å². The lowest BCUT2D eigenvalue weighted by atomic mass is 9.62. The summed E-state index contributed by atoms with van der Waals surface area (Å²) in [5.41, 5.74) is 2.26. The van der Waals surface area contributed by atoms with Gasteiger partial charge < -0.3 is 9.80 Å². The molecule has 1 atom stereocenters. The largest absolute Gasteiger partial charge is 0.338 e. The van der Waals surface area contributed by atoms with Crippen molar-refractivity contribution in [1.29, 1.82) is 0 Å². The number of aryl methyl sites for hydroxylation is 2. The van der Waals surface area contributed by atoms with Crippen LogP contribution in [0, 0.1) is 19.3 Å². The second-order valence-corrected chi connectivity index (χ2v) is 10.2. The summed E-state index contributed by atoms with van der Waals surface area (Å²) in [6, 6.07) is 17.5. The van der Waals surface area contributed by atoms with Gasteiger partial charge >= 0.3 is 0 Å². The molecule has 0 N–H and O–H groups in total. The summed E-state index contributed by atoms with van der Waals surface area (Å²) in [5, 5.41) is 1.57. The number of likely N-dealkylation sites (tertiary alicyclic amines) is 1. The Labute approximate surface area is 196 Å². The number of para-hydroxylation sites is 1. The van der Waals surface area contributed by atoms with Crippen LogP contribution in [-0.4, -0.2) is 34.8 Å². The number of carbonyl (C=O) groups is 2. The average molecular weight is 466 g/mol. The van der Waals surface area contributed by atoms with E-state index < -0.39 is 5.41 Å². The fourth-order valence-electron chi connectivity index (χ4n) is 5.09. The van der Waals surface area contributed by atoms with Crippen molar-refractivity contribution in [3.63, 3.8) is 0 Å². The molecule has 1 unspecified atom stereocenters. The molecule has 3 aromatic rings. The van der Waals surface area contributed by atoms with Crippen LogP contribution in [0.4, 0.5) is 5.69 Å². The molecule has 1 aromatic heterocycles. The summed E-state index contributed by atoms with van der Waals surface area (Å²) in [6.07, 6.45) is 1.29. The van der Waals surface area contributed by atoms with E-state index in [1.807, 2.05) is 78.2 Å². The van der Waals surface area contributed by atoms with E-state index in [1.54, 1.807) is 0 Å². The molecule has 5 nitrogen and oxygen atoms in total. The van der Waals surface area contributed by atoms with Gasteiger partial charge in [0.15, 0.2) is 0 Å². The van der Waals surface area contributed by atoms with Crippen LogP contribution in [0.5, 0.6) is 0 Å². The molecule has 0 bridgehead atoms. The zero-order chi connectivity index (χ0) is 22.5. The average Bonchev–Trinajstić information content (AvgIpc) is 3.16. The minimum atomic E-state index is -0.501. The van der Waals surface area contributed by atoms with Crippen molar-refractivity contribution in [2.45, 2.75) is 32.7 Å². The smallest absolute Gasteiger partial charge is 0.265 e. The number of benzene rings is 2. The van der Waals surface area contributed by atoms with Gasteiger partial charge in [-0.1, -0.05) is 41.9 Å². The van der Waals surface area contributed by atoms with E-state index in [2.05, 4.69) is 4.98 Å². The first kappa shape index (κ1) is 21.2. The Kier molecular flexibility index (Phi) is 5.30. The lowest BCUT2D eigenvalue weighted by Crippen LogP contribution is -2.67. The first-order chi connectivity index (χ1) is 15.4. The summed E-state index contributed by atoms with van der Waals surface area (Å²) >= 11 is 7.58. The molecule has 32 heavy (non-hydrogen) atoms. The van der Waals surface area contributed by atoms with Gasteiger partial charge in [-0.25, -0.2) is 4.98 Å². The fourth-order valence-corrected chi connectivity index (χ4v) is 6.11. The van der Waals surface area contributed by atoms with Crippen LogP contribution >= 0.6 is 22.9 Å². The molecule has 2 fully saturated rings. The molecular formula is C25H24ClN3O2S. The number of thiazole rings is 1. The van der Waals surface area contributed by atoms with E-state index in [0.29, 0.717) is 35.8 Å². The third-order valence-electron chi connectivity index (χ3n) is 6.69. The molecular weight excluding hydrogens is 442 g/mol. The monoisotopic (exact) mass is 465 g/mol. The maximum Gasteiger partial charge on any atom is 0.265 e. The lowest BCUT2D eigenvalue weighted by molar-refractivity contribution is -0.144. The van der Waals surface area contributed by atoms with E-state index in [4.69, 9.17) is 11.6 Å². The van der Waals surface area contributed by atoms with Crippen LogP contribution in [-0.2, 0) is 4.79 Å².